The number of hydrogen-bond acceptors (Lipinski definition) is 4. The van der Waals surface area contributed by atoms with Crippen molar-refractivity contribution in [2.45, 2.75) is 13.2 Å². The lowest BCUT2D eigenvalue weighted by atomic mass is 10.2. The lowest BCUT2D eigenvalue weighted by molar-refractivity contribution is -0.917. The molecule has 3 rings (SSSR count). The Balaban J connectivity index is 1.84. The van der Waals surface area contributed by atoms with Crippen molar-refractivity contribution in [1.82, 2.24) is 15.0 Å². The molecule has 0 saturated carbocycles. The SMILES string of the molecule is C[NH+](Cc1ccsc1)Cn1nnc2ccccc2c1=O. The maximum Gasteiger partial charge on any atom is 0.282 e. The molecular formula is C14H15N4OS+. The molecule has 2 heterocycles. The number of nitrogens with zero attached hydrogens (tertiary/aromatic N) is 3. The standard InChI is InChI=1S/C14H14N4OS/c1-17(8-11-6-7-20-9-11)10-18-14(19)12-4-2-3-5-13(12)15-16-18/h2-7,9H,8,10H2,1H3/p+1. The van der Waals surface area contributed by atoms with Crippen LogP contribution in [-0.2, 0) is 13.2 Å². The lowest BCUT2D eigenvalue weighted by Gasteiger charge is -2.13. The molecule has 6 heteroatoms. The second-order valence-electron chi connectivity index (χ2n) is 4.83. The van der Waals surface area contributed by atoms with Gasteiger partial charge in [0.1, 0.15) is 12.1 Å². The van der Waals surface area contributed by atoms with Crippen LogP contribution in [0.2, 0.25) is 0 Å². The fraction of sp³-hybridized carbons (Fsp3) is 0.214. The number of nitrogens with one attached hydrogen (secondary N) is 1. The van der Waals surface area contributed by atoms with E-state index in [4.69, 9.17) is 0 Å². The maximum absolute atomic E-state index is 12.3. The minimum Gasteiger partial charge on any atom is -0.315 e. The van der Waals surface area contributed by atoms with Crippen molar-refractivity contribution < 1.29 is 4.90 Å². The van der Waals surface area contributed by atoms with Gasteiger partial charge in [-0.3, -0.25) is 4.79 Å². The van der Waals surface area contributed by atoms with Crippen molar-refractivity contribution in [2.75, 3.05) is 7.05 Å². The first kappa shape index (κ1) is 13.0. The second kappa shape index (κ2) is 5.52. The Kier molecular flexibility index (Phi) is 3.58. The first-order chi connectivity index (χ1) is 9.74. The molecule has 2 aromatic heterocycles. The molecule has 0 amide bonds. The predicted molar refractivity (Wildman–Crippen MR) is 78.7 cm³/mol. The summed E-state index contributed by atoms with van der Waals surface area (Å²) in [7, 11) is 2.04. The average molecular weight is 287 g/mol. The molecule has 1 aromatic carbocycles. The van der Waals surface area contributed by atoms with Gasteiger partial charge in [-0.25, -0.2) is 0 Å². The number of benzene rings is 1. The average Bonchev–Trinajstić information content (AvgIpc) is 2.95. The molecule has 0 fully saturated rings. The summed E-state index contributed by atoms with van der Waals surface area (Å²) < 4.78 is 1.43. The fourth-order valence-electron chi connectivity index (χ4n) is 2.18. The zero-order valence-electron chi connectivity index (χ0n) is 11.1. The van der Waals surface area contributed by atoms with Gasteiger partial charge in [-0.1, -0.05) is 17.3 Å². The molecule has 0 aliphatic rings. The Labute approximate surface area is 120 Å². The fourth-order valence-corrected chi connectivity index (χ4v) is 2.85. The highest BCUT2D eigenvalue weighted by molar-refractivity contribution is 7.07. The number of hydrogen-bond donors (Lipinski definition) is 1. The largest absolute Gasteiger partial charge is 0.315 e. The number of rotatable bonds is 4. The van der Waals surface area contributed by atoms with Gasteiger partial charge in [0, 0.05) is 5.56 Å². The summed E-state index contributed by atoms with van der Waals surface area (Å²) >= 11 is 1.68. The van der Waals surface area contributed by atoms with E-state index in [1.165, 1.54) is 15.1 Å². The van der Waals surface area contributed by atoms with Gasteiger partial charge in [0.05, 0.1) is 12.4 Å². The van der Waals surface area contributed by atoms with E-state index in [1.54, 1.807) is 23.5 Å². The molecule has 0 spiro atoms. The van der Waals surface area contributed by atoms with Gasteiger partial charge in [0.15, 0.2) is 6.67 Å². The first-order valence-corrected chi connectivity index (χ1v) is 7.33. The third-order valence-corrected chi connectivity index (χ3v) is 3.87. The van der Waals surface area contributed by atoms with Crippen molar-refractivity contribution in [3.8, 4) is 0 Å². The molecule has 0 radical (unpaired) electrons. The van der Waals surface area contributed by atoms with Crippen LogP contribution < -0.4 is 10.5 Å². The van der Waals surface area contributed by atoms with Gasteiger partial charge in [-0.15, -0.1) is 5.10 Å². The third kappa shape index (κ3) is 2.61. The summed E-state index contributed by atoms with van der Waals surface area (Å²) in [5, 5.41) is 12.9. The van der Waals surface area contributed by atoms with Crippen LogP contribution in [0, 0.1) is 0 Å². The minimum absolute atomic E-state index is 0.0831. The Morgan fingerprint density at radius 1 is 1.30 bits per heavy atom. The van der Waals surface area contributed by atoms with Crippen molar-refractivity contribution in [3.05, 3.63) is 57.0 Å². The Morgan fingerprint density at radius 3 is 2.95 bits per heavy atom. The van der Waals surface area contributed by atoms with E-state index in [1.807, 2.05) is 19.2 Å². The number of aromatic nitrogens is 3. The molecular weight excluding hydrogens is 272 g/mol. The summed E-state index contributed by atoms with van der Waals surface area (Å²) in [5.74, 6) is 0. The van der Waals surface area contributed by atoms with E-state index in [0.29, 0.717) is 17.6 Å². The van der Waals surface area contributed by atoms with Crippen LogP contribution in [0.4, 0.5) is 0 Å². The van der Waals surface area contributed by atoms with Crippen LogP contribution >= 0.6 is 11.3 Å². The molecule has 20 heavy (non-hydrogen) atoms. The monoisotopic (exact) mass is 287 g/mol. The van der Waals surface area contributed by atoms with E-state index in [9.17, 15) is 4.79 Å². The highest BCUT2D eigenvalue weighted by Crippen LogP contribution is 2.04. The van der Waals surface area contributed by atoms with E-state index in [0.717, 1.165) is 6.54 Å². The third-order valence-electron chi connectivity index (χ3n) is 3.13. The molecule has 0 aliphatic carbocycles. The highest BCUT2D eigenvalue weighted by Gasteiger charge is 2.10. The quantitative estimate of drug-likeness (QED) is 0.761. The van der Waals surface area contributed by atoms with Crippen LogP contribution in [0.25, 0.3) is 10.9 Å². The normalized spacial score (nSPS) is 12.7. The van der Waals surface area contributed by atoms with Gasteiger partial charge in [0.25, 0.3) is 5.56 Å². The Bertz CT molecular complexity index is 766. The molecule has 0 bridgehead atoms. The van der Waals surface area contributed by atoms with E-state index < -0.39 is 0 Å². The van der Waals surface area contributed by atoms with Gasteiger partial charge in [0.2, 0.25) is 0 Å². The van der Waals surface area contributed by atoms with Gasteiger partial charge < -0.3 is 4.90 Å². The molecule has 5 nitrogen and oxygen atoms in total. The maximum atomic E-state index is 12.3. The Hall–Kier alpha value is -2.05. The Morgan fingerprint density at radius 2 is 2.15 bits per heavy atom. The van der Waals surface area contributed by atoms with Crippen LogP contribution in [0.15, 0.2) is 45.9 Å². The molecule has 0 aliphatic heterocycles. The summed E-state index contributed by atoms with van der Waals surface area (Å²) in [6.07, 6.45) is 0. The zero-order valence-corrected chi connectivity index (χ0v) is 11.9. The van der Waals surface area contributed by atoms with Crippen LogP contribution in [0.1, 0.15) is 5.56 Å². The lowest BCUT2D eigenvalue weighted by Crippen LogP contribution is -3.07. The summed E-state index contributed by atoms with van der Waals surface area (Å²) in [4.78, 5) is 13.5. The smallest absolute Gasteiger partial charge is 0.282 e. The molecule has 1 unspecified atom stereocenters. The summed E-state index contributed by atoms with van der Waals surface area (Å²) in [6.45, 7) is 1.37. The van der Waals surface area contributed by atoms with E-state index in [2.05, 4.69) is 27.1 Å². The number of thiophene rings is 1. The molecule has 1 N–H and O–H groups in total. The van der Waals surface area contributed by atoms with Crippen LogP contribution in [0.5, 0.6) is 0 Å². The van der Waals surface area contributed by atoms with Crippen molar-refractivity contribution >= 4 is 22.2 Å². The molecule has 1 atom stereocenters. The van der Waals surface area contributed by atoms with Crippen LogP contribution in [-0.4, -0.2) is 22.0 Å². The molecule has 102 valence electrons. The zero-order chi connectivity index (χ0) is 13.9. The van der Waals surface area contributed by atoms with Gasteiger partial charge >= 0.3 is 0 Å². The topological polar surface area (TPSA) is 52.2 Å². The van der Waals surface area contributed by atoms with Crippen molar-refractivity contribution in [1.29, 1.82) is 0 Å². The highest BCUT2D eigenvalue weighted by atomic mass is 32.1. The molecule has 0 saturated heterocycles. The van der Waals surface area contributed by atoms with E-state index >= 15 is 0 Å². The minimum atomic E-state index is -0.0831. The predicted octanol–water partition coefficient (Wildman–Crippen LogP) is 0.525. The van der Waals surface area contributed by atoms with Gasteiger partial charge in [-0.2, -0.15) is 16.0 Å². The van der Waals surface area contributed by atoms with Crippen LogP contribution in [0.3, 0.4) is 0 Å². The summed E-state index contributed by atoms with van der Waals surface area (Å²) in [5.41, 5.74) is 1.83. The number of fused-ring (bicyclic) bond motifs is 1. The van der Waals surface area contributed by atoms with E-state index in [-0.39, 0.29) is 5.56 Å². The number of quaternary nitrogens is 1. The summed E-state index contributed by atoms with van der Waals surface area (Å²) in [6, 6.07) is 9.39. The van der Waals surface area contributed by atoms with Crippen molar-refractivity contribution in [2.24, 2.45) is 0 Å². The van der Waals surface area contributed by atoms with Gasteiger partial charge in [-0.05, 0) is 29.0 Å². The van der Waals surface area contributed by atoms with Crippen molar-refractivity contribution in [3.63, 3.8) is 0 Å². The molecule has 3 aromatic rings. The second-order valence-corrected chi connectivity index (χ2v) is 5.61. The first-order valence-electron chi connectivity index (χ1n) is 6.39.